The molecule has 0 unspecified atom stereocenters. The zero-order chi connectivity index (χ0) is 13.0. The van der Waals surface area contributed by atoms with Crippen molar-refractivity contribution in [2.75, 3.05) is 7.11 Å². The summed E-state index contributed by atoms with van der Waals surface area (Å²) in [7, 11) is 1.64. The summed E-state index contributed by atoms with van der Waals surface area (Å²) >= 11 is 6.12. The fraction of sp³-hybridized carbons (Fsp3) is 0.533. The van der Waals surface area contributed by atoms with Crippen LogP contribution in [0.2, 0.25) is 5.02 Å². The number of hydrogen-bond donors (Lipinski definition) is 0. The van der Waals surface area contributed by atoms with Crippen molar-refractivity contribution in [2.24, 2.45) is 0 Å². The third-order valence-electron chi connectivity index (χ3n) is 3.83. The molecule has 98 valence electrons. The molecule has 1 saturated carbocycles. The third-order valence-corrected chi connectivity index (χ3v) is 4.16. The van der Waals surface area contributed by atoms with Crippen molar-refractivity contribution in [1.82, 2.24) is 0 Å². The molecule has 0 aliphatic heterocycles. The van der Waals surface area contributed by atoms with E-state index in [-0.39, 0.29) is 5.78 Å². The Morgan fingerprint density at radius 3 is 2.33 bits per heavy atom. The highest BCUT2D eigenvalue weighted by Crippen LogP contribution is 2.34. The summed E-state index contributed by atoms with van der Waals surface area (Å²) in [6.07, 6.45) is 6.05. The van der Waals surface area contributed by atoms with Crippen LogP contribution in [0.4, 0.5) is 0 Å². The summed E-state index contributed by atoms with van der Waals surface area (Å²) in [6, 6.07) is 7.23. The highest BCUT2D eigenvalue weighted by atomic mass is 35.5. The van der Waals surface area contributed by atoms with Crippen LogP contribution in [-0.4, -0.2) is 18.5 Å². The van der Waals surface area contributed by atoms with Crippen molar-refractivity contribution in [1.29, 1.82) is 0 Å². The molecule has 2 rings (SSSR count). The Kier molecular flexibility index (Phi) is 4.41. The second-order valence-electron chi connectivity index (χ2n) is 4.92. The van der Waals surface area contributed by atoms with Gasteiger partial charge in [0.2, 0.25) is 0 Å². The molecule has 1 aromatic carbocycles. The predicted molar refractivity (Wildman–Crippen MR) is 73.2 cm³/mol. The molecule has 1 aromatic rings. The van der Waals surface area contributed by atoms with Gasteiger partial charge in [-0.05, 0) is 25.0 Å². The summed E-state index contributed by atoms with van der Waals surface area (Å²) in [5.41, 5.74) is -0.0792. The number of carbonyl (C=O) groups is 1. The topological polar surface area (TPSA) is 26.3 Å². The minimum absolute atomic E-state index is 0.0394. The molecular weight excluding hydrogens is 248 g/mol. The van der Waals surface area contributed by atoms with Gasteiger partial charge in [0.15, 0.2) is 5.78 Å². The lowest BCUT2D eigenvalue weighted by atomic mass is 9.86. The lowest BCUT2D eigenvalue weighted by Crippen LogP contribution is -2.40. The Bertz CT molecular complexity index is 420. The molecule has 0 saturated heterocycles. The van der Waals surface area contributed by atoms with E-state index in [9.17, 15) is 4.79 Å². The number of ether oxygens (including phenoxy) is 1. The Morgan fingerprint density at radius 1 is 1.17 bits per heavy atom. The summed E-state index contributed by atoms with van der Waals surface area (Å²) in [6.45, 7) is 0. The Balaban J connectivity index is 2.32. The lowest BCUT2D eigenvalue weighted by molar-refractivity contribution is -0.00691. The maximum atomic E-state index is 12.7. The summed E-state index contributed by atoms with van der Waals surface area (Å²) in [5, 5.41) is 0.517. The minimum atomic E-state index is -0.665. The number of rotatable bonds is 3. The molecule has 1 aliphatic carbocycles. The normalized spacial score (nSPS) is 19.2. The van der Waals surface area contributed by atoms with Crippen molar-refractivity contribution in [3.63, 3.8) is 0 Å². The van der Waals surface area contributed by atoms with Crippen LogP contribution in [0.5, 0.6) is 0 Å². The first kappa shape index (κ1) is 13.6. The average Bonchev–Trinajstić information content (AvgIpc) is 2.65. The van der Waals surface area contributed by atoms with Crippen molar-refractivity contribution < 1.29 is 9.53 Å². The van der Waals surface area contributed by atoms with Crippen LogP contribution in [0.15, 0.2) is 24.3 Å². The van der Waals surface area contributed by atoms with Crippen molar-refractivity contribution >= 4 is 17.4 Å². The molecule has 0 amide bonds. The minimum Gasteiger partial charge on any atom is -0.370 e. The fourth-order valence-electron chi connectivity index (χ4n) is 2.71. The Labute approximate surface area is 113 Å². The van der Waals surface area contributed by atoms with Crippen LogP contribution in [0.3, 0.4) is 0 Å². The molecule has 0 bridgehead atoms. The summed E-state index contributed by atoms with van der Waals surface area (Å²) < 4.78 is 5.62. The standard InChI is InChI=1S/C15H19ClO2/c1-18-15(10-6-2-3-7-11-15)14(17)12-8-4-5-9-13(12)16/h4-5,8-9H,2-3,6-7,10-11H2,1H3. The first-order valence-electron chi connectivity index (χ1n) is 6.54. The van der Waals surface area contributed by atoms with E-state index in [0.29, 0.717) is 10.6 Å². The molecule has 0 N–H and O–H groups in total. The van der Waals surface area contributed by atoms with E-state index in [0.717, 1.165) is 25.7 Å². The van der Waals surface area contributed by atoms with E-state index in [1.54, 1.807) is 19.2 Å². The summed E-state index contributed by atoms with van der Waals surface area (Å²) in [4.78, 5) is 12.7. The number of halogens is 1. The monoisotopic (exact) mass is 266 g/mol. The molecule has 0 atom stereocenters. The van der Waals surface area contributed by atoms with Gasteiger partial charge in [-0.15, -0.1) is 0 Å². The highest BCUT2D eigenvalue weighted by Gasteiger charge is 2.39. The molecule has 3 heteroatoms. The van der Waals surface area contributed by atoms with Crippen molar-refractivity contribution in [3.8, 4) is 0 Å². The van der Waals surface area contributed by atoms with E-state index in [4.69, 9.17) is 16.3 Å². The number of hydrogen-bond acceptors (Lipinski definition) is 2. The zero-order valence-electron chi connectivity index (χ0n) is 10.7. The van der Waals surface area contributed by atoms with Gasteiger partial charge in [-0.2, -0.15) is 0 Å². The smallest absolute Gasteiger partial charge is 0.196 e. The van der Waals surface area contributed by atoms with Gasteiger partial charge in [-0.25, -0.2) is 0 Å². The van der Waals surface area contributed by atoms with Crippen LogP contribution in [-0.2, 0) is 4.74 Å². The summed E-state index contributed by atoms with van der Waals surface area (Å²) in [5.74, 6) is 0.0394. The highest BCUT2D eigenvalue weighted by molar-refractivity contribution is 6.34. The van der Waals surface area contributed by atoms with E-state index < -0.39 is 5.60 Å². The fourth-order valence-corrected chi connectivity index (χ4v) is 2.94. The molecule has 0 aromatic heterocycles. The molecule has 1 aliphatic rings. The third kappa shape index (κ3) is 2.60. The van der Waals surface area contributed by atoms with Crippen LogP contribution in [0, 0.1) is 0 Å². The van der Waals surface area contributed by atoms with Crippen LogP contribution < -0.4 is 0 Å². The SMILES string of the molecule is COC1(C(=O)c2ccccc2Cl)CCCCCC1. The predicted octanol–water partition coefficient (Wildman–Crippen LogP) is 4.26. The van der Waals surface area contributed by atoms with Crippen molar-refractivity contribution in [2.45, 2.75) is 44.1 Å². The van der Waals surface area contributed by atoms with Crippen LogP contribution in [0.1, 0.15) is 48.9 Å². The maximum absolute atomic E-state index is 12.7. The second-order valence-corrected chi connectivity index (χ2v) is 5.33. The van der Waals surface area contributed by atoms with Gasteiger partial charge < -0.3 is 4.74 Å². The molecular formula is C15H19ClO2. The van der Waals surface area contributed by atoms with Gasteiger partial charge in [0.05, 0.1) is 5.02 Å². The Hall–Kier alpha value is -0.860. The van der Waals surface area contributed by atoms with E-state index in [1.807, 2.05) is 12.1 Å². The van der Waals surface area contributed by atoms with Gasteiger partial charge in [0.25, 0.3) is 0 Å². The number of Topliss-reactive ketones (excluding diaryl/α,β-unsaturated/α-hetero) is 1. The number of benzene rings is 1. The van der Waals surface area contributed by atoms with Crippen molar-refractivity contribution in [3.05, 3.63) is 34.9 Å². The quantitative estimate of drug-likeness (QED) is 0.603. The van der Waals surface area contributed by atoms with Crippen LogP contribution >= 0.6 is 11.6 Å². The van der Waals surface area contributed by atoms with Gasteiger partial charge in [-0.3, -0.25) is 4.79 Å². The molecule has 0 spiro atoms. The molecule has 0 heterocycles. The molecule has 0 radical (unpaired) electrons. The Morgan fingerprint density at radius 2 is 1.78 bits per heavy atom. The van der Waals surface area contributed by atoms with E-state index >= 15 is 0 Å². The molecule has 18 heavy (non-hydrogen) atoms. The van der Waals surface area contributed by atoms with Gasteiger partial charge in [0.1, 0.15) is 5.60 Å². The maximum Gasteiger partial charge on any atom is 0.196 e. The first-order chi connectivity index (χ1) is 8.69. The largest absolute Gasteiger partial charge is 0.370 e. The zero-order valence-corrected chi connectivity index (χ0v) is 11.5. The van der Waals surface area contributed by atoms with Gasteiger partial charge >= 0.3 is 0 Å². The number of methoxy groups -OCH3 is 1. The number of carbonyl (C=O) groups excluding carboxylic acids is 1. The molecule has 1 fully saturated rings. The van der Waals surface area contributed by atoms with Gasteiger partial charge in [0, 0.05) is 12.7 Å². The van der Waals surface area contributed by atoms with E-state index in [2.05, 4.69) is 0 Å². The van der Waals surface area contributed by atoms with E-state index in [1.165, 1.54) is 12.8 Å². The second kappa shape index (κ2) is 5.85. The first-order valence-corrected chi connectivity index (χ1v) is 6.92. The van der Waals surface area contributed by atoms with Crippen LogP contribution in [0.25, 0.3) is 0 Å². The molecule has 2 nitrogen and oxygen atoms in total. The lowest BCUT2D eigenvalue weighted by Gasteiger charge is -2.30. The average molecular weight is 267 g/mol. The van der Waals surface area contributed by atoms with Gasteiger partial charge in [-0.1, -0.05) is 49.4 Å². The number of ketones is 1.